The Morgan fingerprint density at radius 2 is 1.81 bits per heavy atom. The minimum atomic E-state index is -0.00462. The molecule has 1 aliphatic heterocycles. The Kier molecular flexibility index (Phi) is 5.39. The summed E-state index contributed by atoms with van der Waals surface area (Å²) in [5.74, 6) is 3.15. The fourth-order valence-corrected chi connectivity index (χ4v) is 3.30. The number of ether oxygens (including phenoxy) is 2. The van der Waals surface area contributed by atoms with Crippen LogP contribution in [-0.4, -0.2) is 35.7 Å². The van der Waals surface area contributed by atoms with Crippen LogP contribution in [0.4, 0.5) is 0 Å². The molecule has 0 bridgehead atoms. The van der Waals surface area contributed by atoms with Crippen molar-refractivity contribution < 1.29 is 13.9 Å². The summed E-state index contributed by atoms with van der Waals surface area (Å²) in [5, 5.41) is 0. The number of nitrogens with zero attached hydrogens (tertiary/aromatic N) is 2. The van der Waals surface area contributed by atoms with Crippen molar-refractivity contribution in [1.29, 1.82) is 0 Å². The zero-order valence-corrected chi connectivity index (χ0v) is 15.5. The van der Waals surface area contributed by atoms with E-state index < -0.39 is 0 Å². The molecule has 0 N–H and O–H groups in total. The van der Waals surface area contributed by atoms with Crippen molar-refractivity contribution in [3.63, 3.8) is 0 Å². The number of para-hydroxylation sites is 2. The van der Waals surface area contributed by atoms with Crippen molar-refractivity contribution in [3.05, 3.63) is 66.7 Å². The summed E-state index contributed by atoms with van der Waals surface area (Å²) in [4.78, 5) is 6.77. The molecule has 140 valence electrons. The van der Waals surface area contributed by atoms with Crippen LogP contribution in [-0.2, 0) is 6.54 Å². The summed E-state index contributed by atoms with van der Waals surface area (Å²) in [6, 6.07) is 17.9. The van der Waals surface area contributed by atoms with Crippen molar-refractivity contribution in [2.24, 2.45) is 0 Å². The largest absolute Gasteiger partial charge is 0.486 e. The Balaban J connectivity index is 1.41. The van der Waals surface area contributed by atoms with E-state index in [4.69, 9.17) is 13.9 Å². The maximum absolute atomic E-state index is 6.10. The molecule has 0 saturated carbocycles. The van der Waals surface area contributed by atoms with Crippen LogP contribution in [0.5, 0.6) is 11.5 Å². The number of benzene rings is 2. The number of oxazole rings is 1. The first-order chi connectivity index (χ1) is 13.3. The molecule has 1 aliphatic rings. The molecule has 5 nitrogen and oxygen atoms in total. The third kappa shape index (κ3) is 4.31. The first kappa shape index (κ1) is 17.6. The van der Waals surface area contributed by atoms with E-state index >= 15 is 0 Å². The van der Waals surface area contributed by atoms with Gasteiger partial charge in [-0.2, -0.15) is 0 Å². The topological polar surface area (TPSA) is 47.7 Å². The van der Waals surface area contributed by atoms with E-state index in [-0.39, 0.29) is 6.10 Å². The number of rotatable bonds is 7. The Bertz CT molecular complexity index is 863. The minimum absolute atomic E-state index is 0.00462. The van der Waals surface area contributed by atoms with Crippen LogP contribution in [0.2, 0.25) is 0 Å². The van der Waals surface area contributed by atoms with Crippen LogP contribution >= 0.6 is 0 Å². The van der Waals surface area contributed by atoms with Gasteiger partial charge in [0, 0.05) is 12.1 Å². The van der Waals surface area contributed by atoms with Crippen LogP contribution < -0.4 is 9.47 Å². The summed E-state index contributed by atoms with van der Waals surface area (Å²) >= 11 is 0. The second-order valence-corrected chi connectivity index (χ2v) is 6.72. The van der Waals surface area contributed by atoms with Gasteiger partial charge in [-0.1, -0.05) is 49.4 Å². The minimum Gasteiger partial charge on any atom is -0.486 e. The second-order valence-electron chi connectivity index (χ2n) is 6.72. The average Bonchev–Trinajstić information content (AvgIpc) is 3.17. The standard InChI is InChI=1S/C22H24N2O3/c1-2-12-24(14-18-16-25-19-10-6-7-11-20(19)26-18)15-22-23-13-21(27-22)17-8-4-3-5-9-17/h3-11,13,18H,2,12,14-16H2,1H3. The summed E-state index contributed by atoms with van der Waals surface area (Å²) in [6.07, 6.45) is 2.84. The molecule has 2 aromatic carbocycles. The zero-order valence-electron chi connectivity index (χ0n) is 15.5. The predicted molar refractivity (Wildman–Crippen MR) is 104 cm³/mol. The Hall–Kier alpha value is -2.79. The van der Waals surface area contributed by atoms with Gasteiger partial charge in [-0.05, 0) is 25.1 Å². The van der Waals surface area contributed by atoms with E-state index in [0.717, 1.165) is 48.2 Å². The lowest BCUT2D eigenvalue weighted by atomic mass is 10.2. The van der Waals surface area contributed by atoms with E-state index in [1.807, 2.05) is 54.6 Å². The molecule has 0 aliphatic carbocycles. The van der Waals surface area contributed by atoms with E-state index in [0.29, 0.717) is 13.2 Å². The van der Waals surface area contributed by atoms with Gasteiger partial charge in [0.1, 0.15) is 12.7 Å². The highest BCUT2D eigenvalue weighted by Crippen LogP contribution is 2.31. The molecule has 1 unspecified atom stereocenters. The Morgan fingerprint density at radius 3 is 2.63 bits per heavy atom. The van der Waals surface area contributed by atoms with Crippen molar-refractivity contribution in [2.75, 3.05) is 19.7 Å². The molecule has 1 aromatic heterocycles. The zero-order chi connectivity index (χ0) is 18.5. The summed E-state index contributed by atoms with van der Waals surface area (Å²) in [6.45, 7) is 5.10. The monoisotopic (exact) mass is 364 g/mol. The lowest BCUT2D eigenvalue weighted by molar-refractivity contribution is 0.0541. The number of hydrogen-bond donors (Lipinski definition) is 0. The van der Waals surface area contributed by atoms with Gasteiger partial charge in [-0.3, -0.25) is 4.90 Å². The first-order valence-electron chi connectivity index (χ1n) is 9.43. The summed E-state index contributed by atoms with van der Waals surface area (Å²) in [5.41, 5.74) is 1.04. The molecule has 0 amide bonds. The first-order valence-corrected chi connectivity index (χ1v) is 9.43. The van der Waals surface area contributed by atoms with Gasteiger partial charge in [0.2, 0.25) is 5.89 Å². The molecule has 5 heteroatoms. The summed E-state index contributed by atoms with van der Waals surface area (Å²) < 4.78 is 17.9. The maximum atomic E-state index is 6.10. The highest BCUT2D eigenvalue weighted by atomic mass is 16.6. The van der Waals surface area contributed by atoms with E-state index in [2.05, 4.69) is 16.8 Å². The van der Waals surface area contributed by atoms with Gasteiger partial charge in [0.05, 0.1) is 12.7 Å². The molecule has 0 radical (unpaired) electrons. The van der Waals surface area contributed by atoms with Gasteiger partial charge in [0.25, 0.3) is 0 Å². The van der Waals surface area contributed by atoms with Gasteiger partial charge in [-0.25, -0.2) is 4.98 Å². The van der Waals surface area contributed by atoms with E-state index in [1.54, 1.807) is 6.20 Å². The lowest BCUT2D eigenvalue weighted by Crippen LogP contribution is -2.41. The molecule has 4 rings (SSSR count). The van der Waals surface area contributed by atoms with Crippen molar-refractivity contribution in [3.8, 4) is 22.8 Å². The average molecular weight is 364 g/mol. The van der Waals surface area contributed by atoms with Crippen LogP contribution in [0.15, 0.2) is 65.2 Å². The third-order valence-electron chi connectivity index (χ3n) is 4.54. The molecule has 0 spiro atoms. The van der Waals surface area contributed by atoms with Crippen LogP contribution in [0.25, 0.3) is 11.3 Å². The predicted octanol–water partition coefficient (Wildman–Crippen LogP) is 4.39. The number of aromatic nitrogens is 1. The quantitative estimate of drug-likeness (QED) is 0.622. The van der Waals surface area contributed by atoms with Gasteiger partial charge >= 0.3 is 0 Å². The normalized spacial score (nSPS) is 15.9. The highest BCUT2D eigenvalue weighted by Gasteiger charge is 2.23. The Morgan fingerprint density at radius 1 is 1.04 bits per heavy atom. The fourth-order valence-electron chi connectivity index (χ4n) is 3.30. The van der Waals surface area contributed by atoms with Crippen LogP contribution in [0, 0.1) is 0 Å². The highest BCUT2D eigenvalue weighted by molar-refractivity contribution is 5.55. The number of hydrogen-bond acceptors (Lipinski definition) is 5. The van der Waals surface area contributed by atoms with Crippen molar-refractivity contribution >= 4 is 0 Å². The van der Waals surface area contributed by atoms with Gasteiger partial charge < -0.3 is 13.9 Å². The molecule has 2 heterocycles. The Labute approximate surface area is 159 Å². The molecule has 0 saturated heterocycles. The second kappa shape index (κ2) is 8.27. The van der Waals surface area contributed by atoms with Crippen molar-refractivity contribution in [2.45, 2.75) is 26.0 Å². The van der Waals surface area contributed by atoms with Gasteiger partial charge in [0.15, 0.2) is 17.3 Å². The summed E-state index contributed by atoms with van der Waals surface area (Å²) in [7, 11) is 0. The lowest BCUT2D eigenvalue weighted by Gasteiger charge is -2.30. The molecular formula is C22H24N2O3. The molecule has 3 aromatic rings. The van der Waals surface area contributed by atoms with Crippen LogP contribution in [0.3, 0.4) is 0 Å². The SMILES string of the molecule is CCCN(Cc1ncc(-c2ccccc2)o1)CC1COc2ccccc2O1. The molecule has 27 heavy (non-hydrogen) atoms. The van der Waals surface area contributed by atoms with Crippen LogP contribution in [0.1, 0.15) is 19.2 Å². The van der Waals surface area contributed by atoms with E-state index in [9.17, 15) is 0 Å². The third-order valence-corrected chi connectivity index (χ3v) is 4.54. The maximum Gasteiger partial charge on any atom is 0.209 e. The smallest absolute Gasteiger partial charge is 0.209 e. The number of fused-ring (bicyclic) bond motifs is 1. The molecule has 0 fully saturated rings. The fraction of sp³-hybridized carbons (Fsp3) is 0.318. The molecule has 1 atom stereocenters. The van der Waals surface area contributed by atoms with E-state index in [1.165, 1.54) is 0 Å². The van der Waals surface area contributed by atoms with Gasteiger partial charge in [-0.15, -0.1) is 0 Å². The molecular weight excluding hydrogens is 340 g/mol. The van der Waals surface area contributed by atoms with Crippen molar-refractivity contribution in [1.82, 2.24) is 9.88 Å².